The fourth-order valence-corrected chi connectivity index (χ4v) is 3.98. The molecule has 0 aromatic heterocycles. The van der Waals surface area contributed by atoms with E-state index in [1.165, 1.54) is 4.90 Å². The van der Waals surface area contributed by atoms with Crippen LogP contribution in [0.5, 0.6) is 0 Å². The minimum atomic E-state index is -0.637. The molecule has 1 atom stereocenters. The Kier molecular flexibility index (Phi) is 7.07. The Balaban J connectivity index is 1.41. The van der Waals surface area contributed by atoms with Gasteiger partial charge in [-0.15, -0.1) is 0 Å². The van der Waals surface area contributed by atoms with Crippen LogP contribution in [0, 0.1) is 0 Å². The van der Waals surface area contributed by atoms with Crippen molar-refractivity contribution in [3.05, 3.63) is 84.4 Å². The van der Waals surface area contributed by atoms with Gasteiger partial charge in [-0.1, -0.05) is 54.6 Å². The van der Waals surface area contributed by atoms with Crippen molar-refractivity contribution in [3.63, 3.8) is 0 Å². The normalized spacial score (nSPS) is 14.9. The van der Waals surface area contributed by atoms with Crippen molar-refractivity contribution in [1.82, 2.24) is 4.90 Å². The molecule has 3 aromatic rings. The van der Waals surface area contributed by atoms with Gasteiger partial charge in [0.15, 0.2) is 0 Å². The Morgan fingerprint density at radius 1 is 0.882 bits per heavy atom. The molecular formula is C26H26N4O4. The highest BCUT2D eigenvalue weighted by atomic mass is 16.6. The van der Waals surface area contributed by atoms with Gasteiger partial charge >= 0.3 is 12.1 Å². The number of carbonyl (C=O) groups is 3. The average molecular weight is 459 g/mol. The quantitative estimate of drug-likeness (QED) is 0.501. The first-order valence-electron chi connectivity index (χ1n) is 11.0. The summed E-state index contributed by atoms with van der Waals surface area (Å²) < 4.78 is 5.43. The van der Waals surface area contributed by atoms with E-state index in [4.69, 9.17) is 10.5 Å². The number of nitrogens with two attached hydrogens (primary N) is 1. The molecule has 1 heterocycles. The number of rotatable bonds is 6. The molecule has 174 valence electrons. The van der Waals surface area contributed by atoms with Gasteiger partial charge in [-0.3, -0.25) is 9.69 Å². The summed E-state index contributed by atoms with van der Waals surface area (Å²) in [6.07, 6.45) is 0.819. The predicted molar refractivity (Wildman–Crippen MR) is 130 cm³/mol. The number of ether oxygens (including phenoxy) is 1. The van der Waals surface area contributed by atoms with E-state index in [9.17, 15) is 14.4 Å². The van der Waals surface area contributed by atoms with Crippen LogP contribution >= 0.6 is 0 Å². The number of anilines is 2. The standard InChI is InChI=1S/C26H26N4O4/c27-25(32)29-22-12-5-10-20(16-22)19-9-4-11-21(15-19)28-24(31)23-13-6-14-30(23)26(33)34-17-18-7-2-1-3-8-18/h1-5,7-12,15-16,23H,6,13-14,17H2,(H,28,31)(H3,27,29,32)/t23-/m0/s1. The summed E-state index contributed by atoms with van der Waals surface area (Å²) in [4.78, 5) is 38.2. The molecule has 0 radical (unpaired) electrons. The molecule has 0 saturated carbocycles. The second-order valence-corrected chi connectivity index (χ2v) is 8.03. The Labute approximate surface area is 197 Å². The van der Waals surface area contributed by atoms with E-state index in [1.54, 1.807) is 18.2 Å². The maximum atomic E-state index is 13.0. The first-order chi connectivity index (χ1) is 16.5. The molecule has 0 unspecified atom stereocenters. The van der Waals surface area contributed by atoms with Crippen molar-refractivity contribution >= 4 is 29.4 Å². The maximum Gasteiger partial charge on any atom is 0.410 e. The topological polar surface area (TPSA) is 114 Å². The smallest absolute Gasteiger partial charge is 0.410 e. The number of urea groups is 1. The molecular weight excluding hydrogens is 432 g/mol. The molecule has 8 nitrogen and oxygen atoms in total. The number of carbonyl (C=O) groups excluding carboxylic acids is 3. The summed E-state index contributed by atoms with van der Waals surface area (Å²) in [5, 5.41) is 5.48. The fraction of sp³-hybridized carbons (Fsp3) is 0.192. The largest absolute Gasteiger partial charge is 0.445 e. The van der Waals surface area contributed by atoms with E-state index in [-0.39, 0.29) is 12.5 Å². The van der Waals surface area contributed by atoms with Crippen molar-refractivity contribution in [2.75, 3.05) is 17.2 Å². The maximum absolute atomic E-state index is 13.0. The zero-order valence-corrected chi connectivity index (χ0v) is 18.6. The zero-order chi connectivity index (χ0) is 23.9. The zero-order valence-electron chi connectivity index (χ0n) is 18.6. The van der Waals surface area contributed by atoms with Gasteiger partial charge in [0.25, 0.3) is 0 Å². The van der Waals surface area contributed by atoms with Crippen LogP contribution in [0.1, 0.15) is 18.4 Å². The number of nitrogens with zero attached hydrogens (tertiary/aromatic N) is 1. The molecule has 0 bridgehead atoms. The van der Waals surface area contributed by atoms with E-state index >= 15 is 0 Å². The van der Waals surface area contributed by atoms with Crippen molar-refractivity contribution in [1.29, 1.82) is 0 Å². The SMILES string of the molecule is NC(=O)Nc1cccc(-c2cccc(NC(=O)[C@@H]3CCCN3C(=O)OCc3ccccc3)c2)c1. The third-order valence-corrected chi connectivity index (χ3v) is 5.59. The van der Waals surface area contributed by atoms with Crippen LogP contribution < -0.4 is 16.4 Å². The molecule has 0 spiro atoms. The van der Waals surface area contributed by atoms with Gasteiger partial charge in [-0.25, -0.2) is 9.59 Å². The fourth-order valence-electron chi connectivity index (χ4n) is 3.98. The van der Waals surface area contributed by atoms with Crippen molar-refractivity contribution < 1.29 is 19.1 Å². The Morgan fingerprint density at radius 3 is 2.18 bits per heavy atom. The average Bonchev–Trinajstić information content (AvgIpc) is 3.34. The molecule has 4 amide bonds. The highest BCUT2D eigenvalue weighted by molar-refractivity contribution is 5.97. The predicted octanol–water partition coefficient (Wildman–Crippen LogP) is 4.58. The number of nitrogens with one attached hydrogen (secondary N) is 2. The van der Waals surface area contributed by atoms with E-state index < -0.39 is 18.2 Å². The van der Waals surface area contributed by atoms with Crippen LogP contribution in [0.3, 0.4) is 0 Å². The van der Waals surface area contributed by atoms with Crippen molar-refractivity contribution in [3.8, 4) is 11.1 Å². The molecule has 1 saturated heterocycles. The van der Waals surface area contributed by atoms with Gasteiger partial charge in [0.2, 0.25) is 5.91 Å². The molecule has 1 aliphatic rings. The summed E-state index contributed by atoms with van der Waals surface area (Å²) in [5.41, 5.74) is 8.99. The number of benzene rings is 3. The lowest BCUT2D eigenvalue weighted by Crippen LogP contribution is -2.43. The molecule has 8 heteroatoms. The summed E-state index contributed by atoms with van der Waals surface area (Å²) in [6.45, 7) is 0.641. The Hall–Kier alpha value is -4.33. The van der Waals surface area contributed by atoms with Crippen molar-refractivity contribution in [2.45, 2.75) is 25.5 Å². The molecule has 0 aliphatic carbocycles. The van der Waals surface area contributed by atoms with Crippen LogP contribution in [0.15, 0.2) is 78.9 Å². The lowest BCUT2D eigenvalue weighted by atomic mass is 10.0. The third kappa shape index (κ3) is 5.72. The lowest BCUT2D eigenvalue weighted by Gasteiger charge is -2.23. The van der Waals surface area contributed by atoms with Crippen LogP contribution in [-0.2, 0) is 16.1 Å². The first-order valence-corrected chi connectivity index (χ1v) is 11.0. The van der Waals surface area contributed by atoms with Gasteiger partial charge in [0.1, 0.15) is 12.6 Å². The van der Waals surface area contributed by atoms with Gasteiger partial charge in [0.05, 0.1) is 0 Å². The van der Waals surface area contributed by atoms with Gasteiger partial charge < -0.3 is 21.1 Å². The number of primary amides is 1. The second kappa shape index (κ2) is 10.5. The summed E-state index contributed by atoms with van der Waals surface area (Å²) in [5.74, 6) is -0.254. The third-order valence-electron chi connectivity index (χ3n) is 5.59. The summed E-state index contributed by atoms with van der Waals surface area (Å²) in [7, 11) is 0. The number of hydrogen-bond donors (Lipinski definition) is 3. The molecule has 4 rings (SSSR count). The van der Waals surface area contributed by atoms with Crippen LogP contribution in [0.25, 0.3) is 11.1 Å². The van der Waals surface area contributed by atoms with Crippen LogP contribution in [0.2, 0.25) is 0 Å². The van der Waals surface area contributed by atoms with Gasteiger partial charge in [0, 0.05) is 17.9 Å². The van der Waals surface area contributed by atoms with E-state index in [2.05, 4.69) is 10.6 Å². The number of amides is 4. The van der Waals surface area contributed by atoms with E-state index in [1.807, 2.05) is 60.7 Å². The van der Waals surface area contributed by atoms with Crippen LogP contribution in [-0.4, -0.2) is 35.5 Å². The molecule has 3 aromatic carbocycles. The highest BCUT2D eigenvalue weighted by Gasteiger charge is 2.35. The monoisotopic (exact) mass is 458 g/mol. The number of likely N-dealkylation sites (tertiary alicyclic amines) is 1. The lowest BCUT2D eigenvalue weighted by molar-refractivity contribution is -0.120. The molecule has 1 fully saturated rings. The van der Waals surface area contributed by atoms with Crippen LogP contribution in [0.4, 0.5) is 21.0 Å². The Bertz CT molecular complexity index is 1180. The summed E-state index contributed by atoms with van der Waals surface area (Å²) >= 11 is 0. The summed E-state index contributed by atoms with van der Waals surface area (Å²) in [6, 6.07) is 22.8. The van der Waals surface area contributed by atoms with E-state index in [0.29, 0.717) is 24.3 Å². The Morgan fingerprint density at radius 2 is 1.53 bits per heavy atom. The highest BCUT2D eigenvalue weighted by Crippen LogP contribution is 2.26. The number of hydrogen-bond acceptors (Lipinski definition) is 4. The minimum absolute atomic E-state index is 0.163. The first kappa shape index (κ1) is 22.8. The van der Waals surface area contributed by atoms with E-state index in [0.717, 1.165) is 23.1 Å². The molecule has 4 N–H and O–H groups in total. The molecule has 1 aliphatic heterocycles. The van der Waals surface area contributed by atoms with Gasteiger partial charge in [-0.2, -0.15) is 0 Å². The second-order valence-electron chi connectivity index (χ2n) is 8.03. The minimum Gasteiger partial charge on any atom is -0.445 e. The van der Waals surface area contributed by atoms with Gasteiger partial charge in [-0.05, 0) is 53.8 Å². The molecule has 34 heavy (non-hydrogen) atoms. The van der Waals surface area contributed by atoms with Crippen molar-refractivity contribution in [2.24, 2.45) is 5.73 Å².